The average molecular weight is 515 g/mol. The fraction of sp³-hybridized carbons (Fsp3) is 0.0690. The summed E-state index contributed by atoms with van der Waals surface area (Å²) in [7, 11) is 1.55. The standard InChI is InChI=1S/C29H23ClN2O5/c1-35-24-15-11-22(12-16-24)29(34)37-25-6-4-5-21(17-25)18-31-32-28(33)26-7-2-3-8-27(26)36-19-20-9-13-23(30)14-10-20/h2-18H,19H2,1H3,(H,32,33)/b31-18+. The third kappa shape index (κ3) is 7.19. The number of benzene rings is 4. The molecule has 186 valence electrons. The van der Waals surface area contributed by atoms with Crippen LogP contribution in [0.25, 0.3) is 0 Å². The lowest BCUT2D eigenvalue weighted by Gasteiger charge is -2.10. The van der Waals surface area contributed by atoms with Crippen molar-refractivity contribution in [3.63, 3.8) is 0 Å². The Morgan fingerprint density at radius 1 is 0.892 bits per heavy atom. The summed E-state index contributed by atoms with van der Waals surface area (Å²) in [5, 5.41) is 4.68. The Morgan fingerprint density at radius 2 is 1.65 bits per heavy atom. The summed E-state index contributed by atoms with van der Waals surface area (Å²) in [5.74, 6) is 0.493. The maximum atomic E-state index is 12.7. The first-order chi connectivity index (χ1) is 18.0. The molecule has 37 heavy (non-hydrogen) atoms. The molecule has 0 aromatic heterocycles. The Hall–Kier alpha value is -4.62. The lowest BCUT2D eigenvalue weighted by atomic mass is 10.2. The van der Waals surface area contributed by atoms with E-state index in [9.17, 15) is 9.59 Å². The van der Waals surface area contributed by atoms with Crippen LogP contribution in [-0.2, 0) is 6.61 Å². The third-order valence-electron chi connectivity index (χ3n) is 5.21. The Labute approximate surface area is 219 Å². The minimum Gasteiger partial charge on any atom is -0.497 e. The van der Waals surface area contributed by atoms with Crippen molar-refractivity contribution in [3.05, 3.63) is 124 Å². The number of ether oxygens (including phenoxy) is 3. The van der Waals surface area contributed by atoms with E-state index in [-0.39, 0.29) is 6.61 Å². The molecule has 4 aromatic carbocycles. The van der Waals surface area contributed by atoms with Gasteiger partial charge in [-0.3, -0.25) is 4.79 Å². The molecule has 7 nitrogen and oxygen atoms in total. The monoisotopic (exact) mass is 514 g/mol. The van der Waals surface area contributed by atoms with Crippen molar-refractivity contribution in [2.75, 3.05) is 7.11 Å². The molecule has 0 heterocycles. The minimum atomic E-state index is -0.500. The number of nitrogens with zero attached hydrogens (tertiary/aromatic N) is 1. The van der Waals surface area contributed by atoms with Gasteiger partial charge >= 0.3 is 5.97 Å². The van der Waals surface area contributed by atoms with Crippen LogP contribution in [0.15, 0.2) is 102 Å². The van der Waals surface area contributed by atoms with E-state index in [0.717, 1.165) is 5.56 Å². The number of hydrazone groups is 1. The molecule has 0 atom stereocenters. The highest BCUT2D eigenvalue weighted by Crippen LogP contribution is 2.20. The number of carbonyl (C=O) groups is 2. The van der Waals surface area contributed by atoms with Crippen LogP contribution in [0, 0.1) is 0 Å². The number of carbonyl (C=O) groups excluding carboxylic acids is 2. The summed E-state index contributed by atoms with van der Waals surface area (Å²) in [5.41, 5.74) is 4.79. The van der Waals surface area contributed by atoms with Gasteiger partial charge in [-0.25, -0.2) is 10.2 Å². The van der Waals surface area contributed by atoms with Crippen molar-refractivity contribution in [2.45, 2.75) is 6.61 Å². The molecule has 0 unspecified atom stereocenters. The second-order valence-corrected chi connectivity index (χ2v) is 8.24. The van der Waals surface area contributed by atoms with E-state index in [0.29, 0.717) is 39.0 Å². The summed E-state index contributed by atoms with van der Waals surface area (Å²) in [6.45, 7) is 0.284. The number of halogens is 1. The van der Waals surface area contributed by atoms with Crippen LogP contribution in [0.5, 0.6) is 17.2 Å². The summed E-state index contributed by atoms with van der Waals surface area (Å²) in [4.78, 5) is 25.1. The fourth-order valence-electron chi connectivity index (χ4n) is 3.30. The van der Waals surface area contributed by atoms with Gasteiger partial charge in [0.05, 0.1) is 24.5 Å². The van der Waals surface area contributed by atoms with E-state index in [1.807, 2.05) is 12.1 Å². The third-order valence-corrected chi connectivity index (χ3v) is 5.47. The maximum absolute atomic E-state index is 12.7. The highest BCUT2D eigenvalue weighted by molar-refractivity contribution is 6.30. The Balaban J connectivity index is 1.36. The number of amides is 1. The molecule has 0 bridgehead atoms. The Bertz CT molecular complexity index is 1400. The molecule has 8 heteroatoms. The Morgan fingerprint density at radius 3 is 2.41 bits per heavy atom. The number of methoxy groups -OCH3 is 1. The van der Waals surface area contributed by atoms with Gasteiger partial charge in [0, 0.05) is 5.02 Å². The van der Waals surface area contributed by atoms with Gasteiger partial charge in [-0.2, -0.15) is 5.10 Å². The summed E-state index contributed by atoms with van der Waals surface area (Å²) < 4.78 is 16.4. The van der Waals surface area contributed by atoms with Crippen molar-refractivity contribution < 1.29 is 23.8 Å². The fourth-order valence-corrected chi connectivity index (χ4v) is 3.42. The van der Waals surface area contributed by atoms with Crippen LogP contribution >= 0.6 is 11.6 Å². The zero-order valence-corrected chi connectivity index (χ0v) is 20.6. The van der Waals surface area contributed by atoms with Crippen LogP contribution in [0.2, 0.25) is 5.02 Å². The zero-order valence-electron chi connectivity index (χ0n) is 19.9. The molecular formula is C29H23ClN2O5. The van der Waals surface area contributed by atoms with Crippen molar-refractivity contribution in [3.8, 4) is 17.2 Å². The van der Waals surface area contributed by atoms with E-state index in [4.69, 9.17) is 25.8 Å². The first-order valence-electron chi connectivity index (χ1n) is 11.3. The quantitative estimate of drug-likeness (QED) is 0.130. The molecule has 1 N–H and O–H groups in total. The highest BCUT2D eigenvalue weighted by atomic mass is 35.5. The van der Waals surface area contributed by atoms with Crippen molar-refractivity contribution in [1.82, 2.24) is 5.43 Å². The van der Waals surface area contributed by atoms with Crippen LogP contribution in [-0.4, -0.2) is 25.2 Å². The van der Waals surface area contributed by atoms with Crippen LogP contribution in [0.3, 0.4) is 0 Å². The number of hydrogen-bond acceptors (Lipinski definition) is 6. The summed E-state index contributed by atoms with van der Waals surface area (Å²) in [6, 6.07) is 27.6. The Kier molecular flexibility index (Phi) is 8.52. The molecule has 0 aliphatic carbocycles. The molecule has 0 radical (unpaired) electrons. The van der Waals surface area contributed by atoms with E-state index in [2.05, 4.69) is 10.5 Å². The normalized spacial score (nSPS) is 10.6. The predicted octanol–water partition coefficient (Wildman–Crippen LogP) is 5.91. The van der Waals surface area contributed by atoms with Gasteiger partial charge in [-0.05, 0) is 71.8 Å². The average Bonchev–Trinajstić information content (AvgIpc) is 2.93. The molecular weight excluding hydrogens is 492 g/mol. The number of nitrogens with one attached hydrogen (secondary N) is 1. The van der Waals surface area contributed by atoms with Gasteiger partial charge in [0.1, 0.15) is 23.9 Å². The van der Waals surface area contributed by atoms with Gasteiger partial charge in [-0.15, -0.1) is 0 Å². The number of hydrogen-bond donors (Lipinski definition) is 1. The number of esters is 1. The van der Waals surface area contributed by atoms with Crippen molar-refractivity contribution >= 4 is 29.7 Å². The highest BCUT2D eigenvalue weighted by Gasteiger charge is 2.12. The van der Waals surface area contributed by atoms with E-state index >= 15 is 0 Å². The summed E-state index contributed by atoms with van der Waals surface area (Å²) in [6.07, 6.45) is 1.46. The van der Waals surface area contributed by atoms with Crippen LogP contribution in [0.1, 0.15) is 31.8 Å². The molecule has 1 amide bonds. The van der Waals surface area contributed by atoms with Crippen molar-refractivity contribution in [1.29, 1.82) is 0 Å². The van der Waals surface area contributed by atoms with Crippen LogP contribution in [0.4, 0.5) is 0 Å². The maximum Gasteiger partial charge on any atom is 0.343 e. The number of para-hydroxylation sites is 1. The topological polar surface area (TPSA) is 86.2 Å². The SMILES string of the molecule is COc1ccc(C(=O)Oc2cccc(/C=N/NC(=O)c3ccccc3OCc3ccc(Cl)cc3)c2)cc1. The molecule has 0 fully saturated rings. The van der Waals surface area contributed by atoms with Gasteiger partial charge in [0.2, 0.25) is 0 Å². The number of rotatable bonds is 9. The molecule has 0 aliphatic heterocycles. The minimum absolute atomic E-state index is 0.284. The molecule has 0 saturated carbocycles. The second kappa shape index (κ2) is 12.4. The van der Waals surface area contributed by atoms with Gasteiger partial charge in [0.25, 0.3) is 5.91 Å². The van der Waals surface area contributed by atoms with E-state index < -0.39 is 11.9 Å². The largest absolute Gasteiger partial charge is 0.497 e. The first kappa shape index (κ1) is 25.5. The lowest BCUT2D eigenvalue weighted by molar-refractivity contribution is 0.0734. The summed E-state index contributed by atoms with van der Waals surface area (Å²) >= 11 is 5.92. The first-order valence-corrected chi connectivity index (χ1v) is 11.7. The van der Waals surface area contributed by atoms with Crippen molar-refractivity contribution in [2.24, 2.45) is 5.10 Å². The molecule has 0 saturated heterocycles. The molecule has 0 aliphatic rings. The molecule has 4 aromatic rings. The predicted molar refractivity (Wildman–Crippen MR) is 142 cm³/mol. The molecule has 0 spiro atoms. The van der Waals surface area contributed by atoms with Gasteiger partial charge < -0.3 is 14.2 Å². The van der Waals surface area contributed by atoms with Gasteiger partial charge in [0.15, 0.2) is 0 Å². The second-order valence-electron chi connectivity index (χ2n) is 7.80. The van der Waals surface area contributed by atoms with Crippen LogP contribution < -0.4 is 19.6 Å². The smallest absolute Gasteiger partial charge is 0.343 e. The van der Waals surface area contributed by atoms with E-state index in [1.54, 1.807) is 92.0 Å². The van der Waals surface area contributed by atoms with Gasteiger partial charge in [-0.1, -0.05) is 48.0 Å². The zero-order chi connectivity index (χ0) is 26.0. The molecule has 4 rings (SSSR count). The lowest BCUT2D eigenvalue weighted by Crippen LogP contribution is -2.18. The van der Waals surface area contributed by atoms with E-state index in [1.165, 1.54) is 6.21 Å².